The van der Waals surface area contributed by atoms with Crippen molar-refractivity contribution >= 4 is 16.1 Å². The van der Waals surface area contributed by atoms with Crippen molar-refractivity contribution in [1.82, 2.24) is 10.2 Å². The molecule has 0 atom stereocenters. The molecule has 1 fully saturated rings. The Morgan fingerprint density at radius 1 is 1.04 bits per heavy atom. The van der Waals surface area contributed by atoms with Crippen molar-refractivity contribution in [3.63, 3.8) is 0 Å². The Morgan fingerprint density at radius 2 is 1.65 bits per heavy atom. The van der Waals surface area contributed by atoms with Crippen molar-refractivity contribution in [1.29, 1.82) is 0 Å². The number of piperidine rings is 1. The Kier molecular flexibility index (Phi) is 5.58. The van der Waals surface area contributed by atoms with Crippen molar-refractivity contribution in [3.05, 3.63) is 65.7 Å². The van der Waals surface area contributed by atoms with E-state index in [1.54, 1.807) is 12.1 Å². The summed E-state index contributed by atoms with van der Waals surface area (Å²) in [4.78, 5) is 14.2. The summed E-state index contributed by atoms with van der Waals surface area (Å²) in [6.07, 6.45) is 1.92. The predicted molar refractivity (Wildman–Crippen MR) is 100 cm³/mol. The zero-order valence-electron chi connectivity index (χ0n) is 14.5. The lowest BCUT2D eigenvalue weighted by molar-refractivity contribution is 0.181. The molecule has 0 saturated carbocycles. The number of urea groups is 1. The van der Waals surface area contributed by atoms with Gasteiger partial charge in [0.15, 0.2) is 0 Å². The van der Waals surface area contributed by atoms with Crippen LogP contribution in [0.5, 0.6) is 0 Å². The highest BCUT2D eigenvalue weighted by Gasteiger charge is 2.23. The average molecular weight is 373 g/mol. The molecule has 2 aromatic carbocycles. The third-order valence-electron chi connectivity index (χ3n) is 4.75. The number of amides is 2. The first-order chi connectivity index (χ1) is 12.4. The summed E-state index contributed by atoms with van der Waals surface area (Å²) in [5.74, 6) is 0.506. The number of likely N-dealkylation sites (tertiary alicyclic amines) is 1. The van der Waals surface area contributed by atoms with E-state index in [2.05, 4.69) is 29.6 Å². The molecule has 1 aliphatic heterocycles. The van der Waals surface area contributed by atoms with Gasteiger partial charge in [-0.05, 0) is 42.0 Å². The van der Waals surface area contributed by atoms with Crippen LogP contribution in [0, 0.1) is 0 Å². The Labute approximate surface area is 154 Å². The van der Waals surface area contributed by atoms with Gasteiger partial charge in [0.1, 0.15) is 0 Å². The number of rotatable bonds is 4. The van der Waals surface area contributed by atoms with Crippen molar-refractivity contribution in [2.45, 2.75) is 30.2 Å². The number of hydrogen-bond donors (Lipinski definition) is 2. The van der Waals surface area contributed by atoms with Gasteiger partial charge in [0, 0.05) is 19.6 Å². The minimum atomic E-state index is -3.69. The van der Waals surface area contributed by atoms with Crippen LogP contribution >= 0.6 is 0 Å². The van der Waals surface area contributed by atoms with Gasteiger partial charge in [-0.25, -0.2) is 18.4 Å². The SMILES string of the molecule is NS(=O)(=O)c1ccc(CNC(=O)N2CCC(c3ccccc3)CC2)cc1. The largest absolute Gasteiger partial charge is 0.334 e. The van der Waals surface area contributed by atoms with Gasteiger partial charge in [0.05, 0.1) is 4.90 Å². The molecule has 3 N–H and O–H groups in total. The Hall–Kier alpha value is -2.38. The predicted octanol–water partition coefficient (Wildman–Crippen LogP) is 2.42. The van der Waals surface area contributed by atoms with E-state index in [9.17, 15) is 13.2 Å². The van der Waals surface area contributed by atoms with Gasteiger partial charge in [0.2, 0.25) is 10.0 Å². The van der Waals surface area contributed by atoms with Crippen LogP contribution in [0.1, 0.15) is 29.9 Å². The molecule has 3 rings (SSSR count). The molecule has 0 aromatic heterocycles. The minimum Gasteiger partial charge on any atom is -0.334 e. The van der Waals surface area contributed by atoms with Crippen LogP contribution < -0.4 is 10.5 Å². The van der Waals surface area contributed by atoms with Gasteiger partial charge in [-0.3, -0.25) is 0 Å². The lowest BCUT2D eigenvalue weighted by Crippen LogP contribution is -2.43. The maximum Gasteiger partial charge on any atom is 0.317 e. The molecule has 7 heteroatoms. The molecule has 0 bridgehead atoms. The first-order valence-corrected chi connectivity index (χ1v) is 10.2. The lowest BCUT2D eigenvalue weighted by Gasteiger charge is -2.32. The summed E-state index contributed by atoms with van der Waals surface area (Å²) >= 11 is 0. The van der Waals surface area contributed by atoms with Crippen LogP contribution in [0.15, 0.2) is 59.5 Å². The van der Waals surface area contributed by atoms with Crippen LogP contribution in [-0.4, -0.2) is 32.4 Å². The standard InChI is InChI=1S/C19H23N3O3S/c20-26(24,25)18-8-6-15(7-9-18)14-21-19(23)22-12-10-17(11-13-22)16-4-2-1-3-5-16/h1-9,17H,10-14H2,(H,21,23)(H2,20,24,25). The number of hydrogen-bond acceptors (Lipinski definition) is 3. The summed E-state index contributed by atoms with van der Waals surface area (Å²) in [6, 6.07) is 16.5. The number of nitrogens with zero attached hydrogens (tertiary/aromatic N) is 1. The summed E-state index contributed by atoms with van der Waals surface area (Å²) < 4.78 is 22.5. The van der Waals surface area contributed by atoms with Gasteiger partial charge in [0.25, 0.3) is 0 Å². The Morgan fingerprint density at radius 3 is 2.23 bits per heavy atom. The number of primary sulfonamides is 1. The summed E-state index contributed by atoms with van der Waals surface area (Å²) in [5.41, 5.74) is 2.16. The van der Waals surface area contributed by atoms with E-state index in [0.717, 1.165) is 31.5 Å². The summed E-state index contributed by atoms with van der Waals surface area (Å²) in [6.45, 7) is 1.81. The smallest absolute Gasteiger partial charge is 0.317 e. The number of benzene rings is 2. The zero-order chi connectivity index (χ0) is 18.6. The van der Waals surface area contributed by atoms with E-state index in [0.29, 0.717) is 12.5 Å². The molecule has 2 aromatic rings. The highest BCUT2D eigenvalue weighted by molar-refractivity contribution is 7.89. The van der Waals surface area contributed by atoms with Crippen molar-refractivity contribution in [2.24, 2.45) is 5.14 Å². The quantitative estimate of drug-likeness (QED) is 0.862. The first kappa shape index (κ1) is 18.4. The maximum absolute atomic E-state index is 12.3. The Balaban J connectivity index is 1.49. The second-order valence-corrected chi connectivity index (χ2v) is 8.08. The van der Waals surface area contributed by atoms with Crippen LogP contribution in [0.3, 0.4) is 0 Å². The van der Waals surface area contributed by atoms with Gasteiger partial charge >= 0.3 is 6.03 Å². The molecule has 6 nitrogen and oxygen atoms in total. The van der Waals surface area contributed by atoms with Gasteiger partial charge < -0.3 is 10.2 Å². The highest BCUT2D eigenvalue weighted by atomic mass is 32.2. The zero-order valence-corrected chi connectivity index (χ0v) is 15.3. The number of carbonyl (C=O) groups excluding carboxylic acids is 1. The minimum absolute atomic E-state index is 0.0653. The summed E-state index contributed by atoms with van der Waals surface area (Å²) in [7, 11) is -3.69. The fourth-order valence-corrected chi connectivity index (χ4v) is 3.74. The molecule has 1 aliphatic rings. The van der Waals surface area contributed by atoms with E-state index in [-0.39, 0.29) is 10.9 Å². The van der Waals surface area contributed by atoms with E-state index in [4.69, 9.17) is 5.14 Å². The van der Waals surface area contributed by atoms with Crippen LogP contribution in [0.2, 0.25) is 0 Å². The fourth-order valence-electron chi connectivity index (χ4n) is 3.23. The maximum atomic E-state index is 12.3. The van der Waals surface area contributed by atoms with Crippen molar-refractivity contribution in [2.75, 3.05) is 13.1 Å². The van der Waals surface area contributed by atoms with E-state index >= 15 is 0 Å². The van der Waals surface area contributed by atoms with Crippen molar-refractivity contribution < 1.29 is 13.2 Å². The number of nitrogens with two attached hydrogens (primary N) is 1. The van der Waals surface area contributed by atoms with E-state index in [1.807, 2.05) is 11.0 Å². The number of nitrogens with one attached hydrogen (secondary N) is 1. The molecule has 1 heterocycles. The van der Waals surface area contributed by atoms with Gasteiger partial charge in [-0.2, -0.15) is 0 Å². The summed E-state index contributed by atoms with van der Waals surface area (Å²) in [5, 5.41) is 7.96. The van der Waals surface area contributed by atoms with E-state index < -0.39 is 10.0 Å². The molecule has 0 spiro atoms. The molecule has 1 saturated heterocycles. The normalized spacial score (nSPS) is 15.7. The molecule has 2 amide bonds. The second-order valence-electron chi connectivity index (χ2n) is 6.52. The molecule has 0 aliphatic carbocycles. The fraction of sp³-hybridized carbons (Fsp3) is 0.316. The number of sulfonamides is 1. The molecular weight excluding hydrogens is 350 g/mol. The first-order valence-electron chi connectivity index (χ1n) is 8.63. The highest BCUT2D eigenvalue weighted by Crippen LogP contribution is 2.27. The van der Waals surface area contributed by atoms with Gasteiger partial charge in [-0.15, -0.1) is 0 Å². The topological polar surface area (TPSA) is 92.5 Å². The Bertz CT molecular complexity index is 843. The van der Waals surface area contributed by atoms with Gasteiger partial charge in [-0.1, -0.05) is 42.5 Å². The second kappa shape index (κ2) is 7.88. The third-order valence-corrected chi connectivity index (χ3v) is 5.68. The van der Waals surface area contributed by atoms with Crippen LogP contribution in [0.25, 0.3) is 0 Å². The molecule has 0 radical (unpaired) electrons. The molecule has 26 heavy (non-hydrogen) atoms. The molecule has 138 valence electrons. The average Bonchev–Trinajstić information content (AvgIpc) is 2.66. The number of carbonyl (C=O) groups is 1. The molecular formula is C19H23N3O3S. The lowest BCUT2D eigenvalue weighted by atomic mass is 9.90. The van der Waals surface area contributed by atoms with E-state index in [1.165, 1.54) is 17.7 Å². The van der Waals surface area contributed by atoms with Crippen LogP contribution in [-0.2, 0) is 16.6 Å². The molecule has 0 unspecified atom stereocenters. The van der Waals surface area contributed by atoms with Crippen LogP contribution in [0.4, 0.5) is 4.79 Å². The monoisotopic (exact) mass is 373 g/mol. The van der Waals surface area contributed by atoms with Crippen molar-refractivity contribution in [3.8, 4) is 0 Å². The third kappa shape index (κ3) is 4.62.